The smallest absolute Gasteiger partial charge is 0.0276 e. The summed E-state index contributed by atoms with van der Waals surface area (Å²) in [6.45, 7) is 7.14. The molecule has 0 saturated carbocycles. The molecule has 0 amide bonds. The van der Waals surface area contributed by atoms with Crippen LogP contribution in [0.25, 0.3) is 0 Å². The standard InChI is InChI=1S/C15H24/c1-15(2,3)14-10-8-13(9-11-14)12-6-4-5-7-12/h6,8,14H,4-5,7,9-11H2,1-3H3. The molecule has 0 fully saturated rings. The summed E-state index contributed by atoms with van der Waals surface area (Å²) in [6, 6.07) is 0. The van der Waals surface area contributed by atoms with Crippen molar-refractivity contribution in [2.24, 2.45) is 11.3 Å². The maximum absolute atomic E-state index is 2.52. The van der Waals surface area contributed by atoms with Gasteiger partial charge < -0.3 is 0 Å². The third-order valence-corrected chi connectivity index (χ3v) is 4.09. The Morgan fingerprint density at radius 3 is 2.27 bits per heavy atom. The molecule has 2 aliphatic rings. The molecule has 15 heavy (non-hydrogen) atoms. The van der Waals surface area contributed by atoms with Crippen LogP contribution >= 0.6 is 0 Å². The van der Waals surface area contributed by atoms with E-state index in [2.05, 4.69) is 32.9 Å². The van der Waals surface area contributed by atoms with E-state index < -0.39 is 0 Å². The normalized spacial score (nSPS) is 27.5. The lowest BCUT2D eigenvalue weighted by molar-refractivity contribution is 0.221. The van der Waals surface area contributed by atoms with E-state index in [0.29, 0.717) is 5.41 Å². The Morgan fingerprint density at radius 1 is 1.07 bits per heavy atom. The zero-order valence-corrected chi connectivity index (χ0v) is 10.5. The predicted octanol–water partition coefficient (Wildman–Crippen LogP) is 4.87. The summed E-state index contributed by atoms with van der Waals surface area (Å²) >= 11 is 0. The van der Waals surface area contributed by atoms with E-state index in [1.807, 2.05) is 0 Å². The van der Waals surface area contributed by atoms with Gasteiger partial charge in [-0.15, -0.1) is 0 Å². The highest BCUT2D eigenvalue weighted by molar-refractivity contribution is 5.34. The van der Waals surface area contributed by atoms with Crippen molar-refractivity contribution in [1.82, 2.24) is 0 Å². The van der Waals surface area contributed by atoms with Gasteiger partial charge in [0, 0.05) is 0 Å². The van der Waals surface area contributed by atoms with Crippen molar-refractivity contribution in [3.8, 4) is 0 Å². The Balaban J connectivity index is 2.00. The van der Waals surface area contributed by atoms with E-state index in [1.165, 1.54) is 38.5 Å². The van der Waals surface area contributed by atoms with Crippen molar-refractivity contribution < 1.29 is 0 Å². The minimum atomic E-state index is 0.492. The Kier molecular flexibility index (Phi) is 3.04. The summed E-state index contributed by atoms with van der Waals surface area (Å²) < 4.78 is 0. The average Bonchev–Trinajstić information content (AvgIpc) is 2.69. The molecule has 2 rings (SSSR count). The first kappa shape index (κ1) is 11.0. The van der Waals surface area contributed by atoms with Crippen LogP contribution in [0.4, 0.5) is 0 Å². The molecule has 0 aromatic rings. The Bertz CT molecular complexity index is 286. The Hall–Kier alpha value is -0.520. The van der Waals surface area contributed by atoms with Crippen LogP contribution in [-0.4, -0.2) is 0 Å². The Morgan fingerprint density at radius 2 is 1.80 bits per heavy atom. The predicted molar refractivity (Wildman–Crippen MR) is 66.8 cm³/mol. The van der Waals surface area contributed by atoms with Gasteiger partial charge in [-0.1, -0.05) is 32.9 Å². The van der Waals surface area contributed by atoms with Gasteiger partial charge >= 0.3 is 0 Å². The number of hydrogen-bond acceptors (Lipinski definition) is 0. The fourth-order valence-electron chi connectivity index (χ4n) is 2.87. The van der Waals surface area contributed by atoms with E-state index in [4.69, 9.17) is 0 Å². The minimum absolute atomic E-state index is 0.492. The first-order chi connectivity index (χ1) is 7.07. The van der Waals surface area contributed by atoms with Crippen LogP contribution < -0.4 is 0 Å². The molecule has 0 spiro atoms. The summed E-state index contributed by atoms with van der Waals surface area (Å²) in [5.41, 5.74) is 3.84. The third-order valence-electron chi connectivity index (χ3n) is 4.09. The highest BCUT2D eigenvalue weighted by Crippen LogP contribution is 2.40. The van der Waals surface area contributed by atoms with Gasteiger partial charge in [0.05, 0.1) is 0 Å². The molecule has 0 radical (unpaired) electrons. The van der Waals surface area contributed by atoms with Gasteiger partial charge in [0.1, 0.15) is 0 Å². The summed E-state index contributed by atoms with van der Waals surface area (Å²) in [6.07, 6.45) is 13.0. The molecule has 1 atom stereocenters. The molecule has 0 bridgehead atoms. The summed E-state index contributed by atoms with van der Waals surface area (Å²) in [5, 5.41) is 0. The number of rotatable bonds is 1. The highest BCUT2D eigenvalue weighted by Gasteiger charge is 2.26. The van der Waals surface area contributed by atoms with Gasteiger partial charge in [0.15, 0.2) is 0 Å². The van der Waals surface area contributed by atoms with Crippen LogP contribution in [0.15, 0.2) is 23.3 Å². The van der Waals surface area contributed by atoms with Crippen molar-refractivity contribution >= 4 is 0 Å². The lowest BCUT2D eigenvalue weighted by Crippen LogP contribution is -2.22. The molecule has 0 saturated heterocycles. The van der Waals surface area contributed by atoms with E-state index in [-0.39, 0.29) is 0 Å². The molecule has 0 heterocycles. The molecule has 0 aromatic heterocycles. The molecule has 2 aliphatic carbocycles. The molecule has 1 unspecified atom stereocenters. The van der Waals surface area contributed by atoms with Gasteiger partial charge in [-0.05, 0) is 61.0 Å². The van der Waals surface area contributed by atoms with Crippen molar-refractivity contribution in [2.75, 3.05) is 0 Å². The quantitative estimate of drug-likeness (QED) is 0.571. The van der Waals surface area contributed by atoms with Crippen molar-refractivity contribution in [3.05, 3.63) is 23.3 Å². The van der Waals surface area contributed by atoms with Gasteiger partial charge in [-0.25, -0.2) is 0 Å². The van der Waals surface area contributed by atoms with Gasteiger partial charge in [-0.3, -0.25) is 0 Å². The summed E-state index contributed by atoms with van der Waals surface area (Å²) in [4.78, 5) is 0. The maximum atomic E-state index is 2.52. The molecular weight excluding hydrogens is 180 g/mol. The van der Waals surface area contributed by atoms with Crippen LogP contribution in [-0.2, 0) is 0 Å². The highest BCUT2D eigenvalue weighted by atomic mass is 14.3. The number of hydrogen-bond donors (Lipinski definition) is 0. The lowest BCUT2D eigenvalue weighted by atomic mass is 9.72. The van der Waals surface area contributed by atoms with Crippen LogP contribution in [0.5, 0.6) is 0 Å². The van der Waals surface area contributed by atoms with Crippen molar-refractivity contribution in [1.29, 1.82) is 0 Å². The van der Waals surface area contributed by atoms with Crippen LogP contribution in [0.3, 0.4) is 0 Å². The minimum Gasteiger partial charge on any atom is -0.0810 e. The van der Waals surface area contributed by atoms with E-state index in [0.717, 1.165) is 5.92 Å². The second kappa shape index (κ2) is 4.15. The molecule has 0 aromatic carbocycles. The lowest BCUT2D eigenvalue weighted by Gasteiger charge is -2.33. The zero-order chi connectivity index (χ0) is 10.9. The molecule has 0 heteroatoms. The van der Waals surface area contributed by atoms with Gasteiger partial charge in [0.2, 0.25) is 0 Å². The molecule has 0 N–H and O–H groups in total. The molecular formula is C15H24. The van der Waals surface area contributed by atoms with Gasteiger partial charge in [0.25, 0.3) is 0 Å². The van der Waals surface area contributed by atoms with Crippen molar-refractivity contribution in [3.63, 3.8) is 0 Å². The monoisotopic (exact) mass is 204 g/mol. The van der Waals surface area contributed by atoms with Gasteiger partial charge in [-0.2, -0.15) is 0 Å². The largest absolute Gasteiger partial charge is 0.0810 e. The van der Waals surface area contributed by atoms with Crippen LogP contribution in [0, 0.1) is 11.3 Å². The molecule has 84 valence electrons. The summed E-state index contributed by atoms with van der Waals surface area (Å²) in [7, 11) is 0. The first-order valence-electron chi connectivity index (χ1n) is 6.46. The summed E-state index contributed by atoms with van der Waals surface area (Å²) in [5.74, 6) is 0.892. The average molecular weight is 204 g/mol. The SMILES string of the molecule is CC(C)(C)C1CC=C(C2=CCCC2)CC1. The second-order valence-corrected chi connectivity index (χ2v) is 6.19. The topological polar surface area (TPSA) is 0 Å². The fourth-order valence-corrected chi connectivity index (χ4v) is 2.87. The third kappa shape index (κ3) is 2.53. The second-order valence-electron chi connectivity index (χ2n) is 6.19. The first-order valence-corrected chi connectivity index (χ1v) is 6.46. The fraction of sp³-hybridized carbons (Fsp3) is 0.733. The van der Waals surface area contributed by atoms with Crippen molar-refractivity contribution in [2.45, 2.75) is 59.3 Å². The molecule has 0 aliphatic heterocycles. The Labute approximate surface area is 94.5 Å². The van der Waals surface area contributed by atoms with E-state index >= 15 is 0 Å². The molecule has 0 nitrogen and oxygen atoms in total. The van der Waals surface area contributed by atoms with Crippen LogP contribution in [0.1, 0.15) is 59.3 Å². The maximum Gasteiger partial charge on any atom is -0.0276 e. The van der Waals surface area contributed by atoms with E-state index in [9.17, 15) is 0 Å². The number of allylic oxidation sites excluding steroid dienone is 4. The van der Waals surface area contributed by atoms with E-state index in [1.54, 1.807) is 11.1 Å². The van der Waals surface area contributed by atoms with Crippen LogP contribution in [0.2, 0.25) is 0 Å². The zero-order valence-electron chi connectivity index (χ0n) is 10.5.